The Morgan fingerprint density at radius 1 is 1.41 bits per heavy atom. The van der Waals surface area contributed by atoms with Crippen molar-refractivity contribution < 1.29 is 9.18 Å². The van der Waals surface area contributed by atoms with Gasteiger partial charge in [-0.1, -0.05) is 0 Å². The van der Waals surface area contributed by atoms with Gasteiger partial charge >= 0.3 is 0 Å². The van der Waals surface area contributed by atoms with Gasteiger partial charge in [-0.05, 0) is 36.1 Å². The molecule has 1 heterocycles. The molecule has 1 aromatic heterocycles. The van der Waals surface area contributed by atoms with Gasteiger partial charge in [-0.25, -0.2) is 4.39 Å². The summed E-state index contributed by atoms with van der Waals surface area (Å²) < 4.78 is 13.9. The molecular weight excluding hydrogens is 235 g/mol. The van der Waals surface area contributed by atoms with Crippen LogP contribution in [0.3, 0.4) is 0 Å². The minimum absolute atomic E-state index is 0.0851. The standard InChI is InChI=1S/C14H11FOS/c1-2-3-4-5-12(16)14-9-10-8-11(15)6-7-13(10)17-14/h1,6-9H,3-5H2. The maximum atomic E-state index is 13.0. The van der Waals surface area contributed by atoms with Crippen molar-refractivity contribution in [3.8, 4) is 12.3 Å². The van der Waals surface area contributed by atoms with Crippen LogP contribution in [0.15, 0.2) is 24.3 Å². The quantitative estimate of drug-likeness (QED) is 0.452. The van der Waals surface area contributed by atoms with Crippen LogP contribution in [0.4, 0.5) is 4.39 Å². The molecule has 0 aliphatic carbocycles. The van der Waals surface area contributed by atoms with E-state index in [2.05, 4.69) is 5.92 Å². The predicted octanol–water partition coefficient (Wildman–Crippen LogP) is 4.03. The number of thiophene rings is 1. The molecule has 0 unspecified atom stereocenters. The molecule has 17 heavy (non-hydrogen) atoms. The van der Waals surface area contributed by atoms with E-state index in [0.717, 1.165) is 10.1 Å². The lowest BCUT2D eigenvalue weighted by molar-refractivity contribution is 0.0984. The summed E-state index contributed by atoms with van der Waals surface area (Å²) in [6.45, 7) is 0. The Morgan fingerprint density at radius 3 is 3.00 bits per heavy atom. The van der Waals surface area contributed by atoms with Gasteiger partial charge in [-0.15, -0.1) is 23.7 Å². The fourth-order valence-corrected chi connectivity index (χ4v) is 2.64. The van der Waals surface area contributed by atoms with E-state index in [1.807, 2.05) is 0 Å². The summed E-state index contributed by atoms with van der Waals surface area (Å²) in [5.41, 5.74) is 0. The van der Waals surface area contributed by atoms with Crippen LogP contribution in [0, 0.1) is 18.2 Å². The van der Waals surface area contributed by atoms with Gasteiger partial charge in [0.1, 0.15) is 5.82 Å². The summed E-state index contributed by atoms with van der Waals surface area (Å²) in [5.74, 6) is 2.32. The number of benzene rings is 1. The Kier molecular flexibility index (Phi) is 3.55. The minimum atomic E-state index is -0.276. The second-order valence-corrected chi connectivity index (χ2v) is 4.86. The van der Waals surface area contributed by atoms with Crippen molar-refractivity contribution in [3.63, 3.8) is 0 Å². The third-order valence-electron chi connectivity index (χ3n) is 2.48. The highest BCUT2D eigenvalue weighted by Gasteiger charge is 2.10. The molecule has 0 radical (unpaired) electrons. The van der Waals surface area contributed by atoms with Crippen LogP contribution in [0.2, 0.25) is 0 Å². The van der Waals surface area contributed by atoms with Crippen LogP contribution >= 0.6 is 11.3 Å². The zero-order valence-corrected chi connectivity index (χ0v) is 10.0. The predicted molar refractivity (Wildman–Crippen MR) is 68.8 cm³/mol. The van der Waals surface area contributed by atoms with E-state index in [4.69, 9.17) is 6.42 Å². The van der Waals surface area contributed by atoms with E-state index in [9.17, 15) is 9.18 Å². The minimum Gasteiger partial charge on any atom is -0.293 e. The highest BCUT2D eigenvalue weighted by Crippen LogP contribution is 2.27. The Bertz CT molecular complexity index is 592. The van der Waals surface area contributed by atoms with Gasteiger partial charge in [0.05, 0.1) is 4.88 Å². The van der Waals surface area contributed by atoms with Gasteiger partial charge in [0, 0.05) is 17.5 Å². The number of rotatable bonds is 4. The average Bonchev–Trinajstić information content (AvgIpc) is 2.72. The number of fused-ring (bicyclic) bond motifs is 1. The third-order valence-corrected chi connectivity index (χ3v) is 3.64. The number of Topliss-reactive ketones (excluding diaryl/α,β-unsaturated/α-hetero) is 1. The molecule has 0 aliphatic heterocycles. The molecule has 0 spiro atoms. The maximum absolute atomic E-state index is 13.0. The smallest absolute Gasteiger partial charge is 0.172 e. The van der Waals surface area contributed by atoms with Crippen LogP contribution in [0.1, 0.15) is 28.9 Å². The summed E-state index contributed by atoms with van der Waals surface area (Å²) >= 11 is 1.40. The molecule has 0 atom stereocenters. The van der Waals surface area contributed by atoms with Gasteiger partial charge in [-0.3, -0.25) is 4.79 Å². The van der Waals surface area contributed by atoms with Crippen molar-refractivity contribution in [1.29, 1.82) is 0 Å². The average molecular weight is 246 g/mol. The molecule has 2 aromatic rings. The number of unbranched alkanes of at least 4 members (excludes halogenated alkanes) is 1. The van der Waals surface area contributed by atoms with Gasteiger partial charge in [0.2, 0.25) is 0 Å². The lowest BCUT2D eigenvalue weighted by Gasteiger charge is -1.93. The fraction of sp³-hybridized carbons (Fsp3) is 0.214. The number of carbonyl (C=O) groups is 1. The fourth-order valence-electron chi connectivity index (χ4n) is 1.63. The van der Waals surface area contributed by atoms with Crippen LogP contribution in [-0.4, -0.2) is 5.78 Å². The zero-order chi connectivity index (χ0) is 12.3. The lowest BCUT2D eigenvalue weighted by Crippen LogP contribution is -1.94. The third kappa shape index (κ3) is 2.72. The van der Waals surface area contributed by atoms with Gasteiger partial charge in [-0.2, -0.15) is 0 Å². The topological polar surface area (TPSA) is 17.1 Å². The molecule has 2 rings (SSSR count). The van der Waals surface area contributed by atoms with Crippen LogP contribution in [0.5, 0.6) is 0 Å². The number of hydrogen-bond acceptors (Lipinski definition) is 2. The monoisotopic (exact) mass is 246 g/mol. The zero-order valence-electron chi connectivity index (χ0n) is 9.20. The van der Waals surface area contributed by atoms with E-state index >= 15 is 0 Å². The Balaban J connectivity index is 2.19. The van der Waals surface area contributed by atoms with Gasteiger partial charge < -0.3 is 0 Å². The Hall–Kier alpha value is -1.66. The molecule has 0 saturated heterocycles. The molecule has 0 N–H and O–H groups in total. The van der Waals surface area contributed by atoms with Crippen molar-refractivity contribution in [1.82, 2.24) is 0 Å². The Labute approximate surface area is 103 Å². The summed E-state index contributed by atoms with van der Waals surface area (Å²) in [6.07, 6.45) is 6.91. The van der Waals surface area contributed by atoms with E-state index < -0.39 is 0 Å². The molecule has 86 valence electrons. The number of hydrogen-bond donors (Lipinski definition) is 0. The molecule has 3 heteroatoms. The number of ketones is 1. The van der Waals surface area contributed by atoms with Crippen LogP contribution in [-0.2, 0) is 0 Å². The first-order valence-corrected chi connectivity index (χ1v) is 6.18. The number of terminal acetylenes is 1. The summed E-state index contributed by atoms with van der Waals surface area (Å²) in [4.78, 5) is 12.5. The molecular formula is C14H11FOS. The molecule has 1 nitrogen and oxygen atoms in total. The van der Waals surface area contributed by atoms with E-state index in [1.165, 1.54) is 23.5 Å². The molecule has 0 fully saturated rings. The van der Waals surface area contributed by atoms with Crippen molar-refractivity contribution in [2.75, 3.05) is 0 Å². The molecule has 0 amide bonds. The second-order valence-electron chi connectivity index (χ2n) is 3.77. The highest BCUT2D eigenvalue weighted by molar-refractivity contribution is 7.20. The summed E-state index contributed by atoms with van der Waals surface area (Å²) in [7, 11) is 0. The first-order chi connectivity index (χ1) is 8.20. The molecule has 0 bridgehead atoms. The normalized spacial score (nSPS) is 10.4. The lowest BCUT2D eigenvalue weighted by atomic mass is 10.1. The number of carbonyl (C=O) groups excluding carboxylic acids is 1. The first-order valence-electron chi connectivity index (χ1n) is 5.36. The van der Waals surface area contributed by atoms with Crippen molar-refractivity contribution in [3.05, 3.63) is 35.0 Å². The van der Waals surface area contributed by atoms with Gasteiger partial charge in [0.15, 0.2) is 5.78 Å². The van der Waals surface area contributed by atoms with Crippen molar-refractivity contribution in [2.24, 2.45) is 0 Å². The van der Waals surface area contributed by atoms with Crippen molar-refractivity contribution in [2.45, 2.75) is 19.3 Å². The highest BCUT2D eigenvalue weighted by atomic mass is 32.1. The summed E-state index contributed by atoms with van der Waals surface area (Å²) in [5, 5.41) is 0.787. The largest absolute Gasteiger partial charge is 0.293 e. The Morgan fingerprint density at radius 2 is 2.24 bits per heavy atom. The second kappa shape index (κ2) is 5.11. The molecule has 1 aromatic carbocycles. The van der Waals surface area contributed by atoms with Gasteiger partial charge in [0.25, 0.3) is 0 Å². The maximum Gasteiger partial charge on any atom is 0.172 e. The molecule has 0 saturated carbocycles. The van der Waals surface area contributed by atoms with Crippen LogP contribution in [0.25, 0.3) is 10.1 Å². The number of halogens is 1. The van der Waals surface area contributed by atoms with Crippen LogP contribution < -0.4 is 0 Å². The first kappa shape index (κ1) is 11.8. The van der Waals surface area contributed by atoms with Crippen molar-refractivity contribution >= 4 is 27.2 Å². The SMILES string of the molecule is C#CCCCC(=O)c1cc2cc(F)ccc2s1. The van der Waals surface area contributed by atoms with E-state index in [1.54, 1.807) is 12.1 Å². The molecule has 0 aliphatic rings. The van der Waals surface area contributed by atoms with E-state index in [-0.39, 0.29) is 11.6 Å². The van der Waals surface area contributed by atoms with E-state index in [0.29, 0.717) is 24.1 Å². The summed E-state index contributed by atoms with van der Waals surface area (Å²) in [6, 6.07) is 6.31.